The molecule has 1 aliphatic rings. The van der Waals surface area contributed by atoms with E-state index in [1.165, 1.54) is 12.8 Å². The lowest BCUT2D eigenvalue weighted by Gasteiger charge is -2.16. The number of aryl methyl sites for hydroxylation is 1. The zero-order valence-corrected chi connectivity index (χ0v) is 12.4. The smallest absolute Gasteiger partial charge is 0.130 e. The number of nitrogens with one attached hydrogen (secondary N) is 1. The molecular formula is C16H20N4O. The summed E-state index contributed by atoms with van der Waals surface area (Å²) in [6.45, 7) is 2.67. The molecule has 0 radical (unpaired) electrons. The van der Waals surface area contributed by atoms with Crippen molar-refractivity contribution in [1.29, 1.82) is 0 Å². The number of aromatic nitrogens is 3. The molecule has 3 rings (SSSR count). The molecule has 21 heavy (non-hydrogen) atoms. The number of ether oxygens (including phenoxy) is 1. The van der Waals surface area contributed by atoms with Gasteiger partial charge in [0.05, 0.1) is 17.5 Å². The van der Waals surface area contributed by atoms with E-state index in [0.29, 0.717) is 5.92 Å². The average molecular weight is 284 g/mol. The molecule has 0 spiro atoms. The minimum Gasteiger partial charge on any atom is -0.379 e. The van der Waals surface area contributed by atoms with E-state index in [4.69, 9.17) is 4.74 Å². The van der Waals surface area contributed by atoms with Crippen LogP contribution in [-0.4, -0.2) is 34.7 Å². The maximum Gasteiger partial charge on any atom is 0.130 e. The summed E-state index contributed by atoms with van der Waals surface area (Å²) in [4.78, 5) is 13.2. The monoisotopic (exact) mass is 284 g/mol. The molecule has 0 saturated heterocycles. The normalized spacial score (nSPS) is 15.7. The molecule has 110 valence electrons. The molecule has 5 heteroatoms. The highest BCUT2D eigenvalue weighted by Crippen LogP contribution is 2.34. The molecule has 0 bridgehead atoms. The third-order valence-corrected chi connectivity index (χ3v) is 3.70. The van der Waals surface area contributed by atoms with E-state index in [0.717, 1.165) is 29.6 Å². The molecule has 2 aromatic rings. The van der Waals surface area contributed by atoms with Crippen LogP contribution in [0.15, 0.2) is 30.5 Å². The third kappa shape index (κ3) is 3.55. The van der Waals surface area contributed by atoms with Gasteiger partial charge in [0.15, 0.2) is 0 Å². The second kappa shape index (κ2) is 6.18. The van der Waals surface area contributed by atoms with E-state index in [-0.39, 0.29) is 6.10 Å². The van der Waals surface area contributed by atoms with Crippen LogP contribution < -0.4 is 5.32 Å². The van der Waals surface area contributed by atoms with E-state index < -0.39 is 0 Å². The summed E-state index contributed by atoms with van der Waals surface area (Å²) in [5.41, 5.74) is 1.70. The Balaban J connectivity index is 1.75. The van der Waals surface area contributed by atoms with Gasteiger partial charge < -0.3 is 10.1 Å². The highest BCUT2D eigenvalue weighted by Gasteiger charge is 2.31. The van der Waals surface area contributed by atoms with Gasteiger partial charge in [-0.05, 0) is 37.8 Å². The Bertz CT molecular complexity index is 598. The van der Waals surface area contributed by atoms with Crippen LogP contribution in [-0.2, 0) is 4.74 Å². The predicted octanol–water partition coefficient (Wildman–Crippen LogP) is 2.68. The van der Waals surface area contributed by atoms with Crippen molar-refractivity contribution >= 4 is 5.82 Å². The van der Waals surface area contributed by atoms with E-state index in [9.17, 15) is 0 Å². The molecule has 1 unspecified atom stereocenters. The number of hydrogen-bond acceptors (Lipinski definition) is 5. The maximum absolute atomic E-state index is 5.52. The Labute approximate surface area is 124 Å². The van der Waals surface area contributed by atoms with E-state index in [1.54, 1.807) is 13.3 Å². The number of hydrogen-bond donors (Lipinski definition) is 1. The Morgan fingerprint density at radius 3 is 2.81 bits per heavy atom. The van der Waals surface area contributed by atoms with Crippen molar-refractivity contribution in [3.8, 4) is 11.4 Å². The zero-order chi connectivity index (χ0) is 14.7. The van der Waals surface area contributed by atoms with Crippen molar-refractivity contribution in [2.24, 2.45) is 5.92 Å². The van der Waals surface area contributed by atoms with Crippen molar-refractivity contribution in [2.75, 3.05) is 19.0 Å². The first-order chi connectivity index (χ1) is 10.3. The fraction of sp³-hybridized carbons (Fsp3) is 0.438. The molecule has 1 saturated carbocycles. The summed E-state index contributed by atoms with van der Waals surface area (Å²) in [5, 5.41) is 3.36. The number of rotatable bonds is 6. The minimum absolute atomic E-state index is 0.263. The molecule has 1 N–H and O–H groups in total. The molecule has 0 amide bonds. The van der Waals surface area contributed by atoms with Crippen LogP contribution in [0.5, 0.6) is 0 Å². The summed E-state index contributed by atoms with van der Waals surface area (Å²) >= 11 is 0. The van der Waals surface area contributed by atoms with Gasteiger partial charge in [0, 0.05) is 25.9 Å². The molecule has 1 atom stereocenters. The summed E-state index contributed by atoms with van der Waals surface area (Å²) in [6, 6.07) is 7.75. The van der Waals surface area contributed by atoms with Crippen LogP contribution in [0.4, 0.5) is 5.82 Å². The zero-order valence-electron chi connectivity index (χ0n) is 12.4. The van der Waals surface area contributed by atoms with Gasteiger partial charge in [-0.1, -0.05) is 6.07 Å². The number of anilines is 1. The summed E-state index contributed by atoms with van der Waals surface area (Å²) in [5.74, 6) is 2.26. The first kappa shape index (κ1) is 13.9. The first-order valence-electron chi connectivity index (χ1n) is 7.30. The topological polar surface area (TPSA) is 59.9 Å². The number of methoxy groups -OCH3 is 1. The summed E-state index contributed by atoms with van der Waals surface area (Å²) in [6.07, 6.45) is 4.57. The number of pyridine rings is 1. The molecule has 1 fully saturated rings. The van der Waals surface area contributed by atoms with Crippen LogP contribution in [0.3, 0.4) is 0 Å². The van der Waals surface area contributed by atoms with Gasteiger partial charge in [-0.3, -0.25) is 4.98 Å². The molecule has 5 nitrogen and oxygen atoms in total. The summed E-state index contributed by atoms with van der Waals surface area (Å²) < 4.78 is 5.52. The lowest BCUT2D eigenvalue weighted by Crippen LogP contribution is -2.24. The van der Waals surface area contributed by atoms with Gasteiger partial charge in [-0.15, -0.1) is 0 Å². The molecule has 0 aromatic carbocycles. The molecule has 0 aliphatic heterocycles. The molecular weight excluding hydrogens is 264 g/mol. The largest absolute Gasteiger partial charge is 0.379 e. The van der Waals surface area contributed by atoms with Gasteiger partial charge in [-0.25, -0.2) is 9.97 Å². The molecule has 1 aliphatic carbocycles. The van der Waals surface area contributed by atoms with Gasteiger partial charge in [-0.2, -0.15) is 0 Å². The summed E-state index contributed by atoms with van der Waals surface area (Å²) in [7, 11) is 1.77. The molecule has 2 heterocycles. The SMILES string of the molecule is COC(CNc1cc(-c2ccccn2)nc(C)n1)C1CC1. The van der Waals surface area contributed by atoms with E-state index in [2.05, 4.69) is 20.3 Å². The van der Waals surface area contributed by atoms with Crippen molar-refractivity contribution in [3.63, 3.8) is 0 Å². The van der Waals surface area contributed by atoms with Gasteiger partial charge in [0.25, 0.3) is 0 Å². The standard InChI is InChI=1S/C16H20N4O/c1-11-19-14(13-5-3-4-8-17-13)9-16(20-11)18-10-15(21-2)12-6-7-12/h3-5,8-9,12,15H,6-7,10H2,1-2H3,(H,18,19,20). The second-order valence-corrected chi connectivity index (χ2v) is 5.39. The lowest BCUT2D eigenvalue weighted by molar-refractivity contribution is 0.0949. The van der Waals surface area contributed by atoms with Crippen LogP contribution >= 0.6 is 0 Å². The average Bonchev–Trinajstić information content (AvgIpc) is 3.33. The van der Waals surface area contributed by atoms with Crippen LogP contribution in [0.25, 0.3) is 11.4 Å². The number of nitrogens with zero attached hydrogens (tertiary/aromatic N) is 3. The Morgan fingerprint density at radius 1 is 1.29 bits per heavy atom. The van der Waals surface area contributed by atoms with Gasteiger partial charge in [0.1, 0.15) is 11.6 Å². The van der Waals surface area contributed by atoms with Crippen molar-refractivity contribution in [3.05, 3.63) is 36.3 Å². The van der Waals surface area contributed by atoms with Crippen molar-refractivity contribution < 1.29 is 4.74 Å². The fourth-order valence-electron chi connectivity index (χ4n) is 2.42. The Kier molecular flexibility index (Phi) is 4.10. The second-order valence-electron chi connectivity index (χ2n) is 5.39. The predicted molar refractivity (Wildman–Crippen MR) is 82.0 cm³/mol. The Hall–Kier alpha value is -2.01. The fourth-order valence-corrected chi connectivity index (χ4v) is 2.42. The van der Waals surface area contributed by atoms with Gasteiger partial charge >= 0.3 is 0 Å². The van der Waals surface area contributed by atoms with Crippen molar-refractivity contribution in [2.45, 2.75) is 25.9 Å². The van der Waals surface area contributed by atoms with Crippen LogP contribution in [0.1, 0.15) is 18.7 Å². The van der Waals surface area contributed by atoms with E-state index in [1.807, 2.05) is 31.2 Å². The maximum atomic E-state index is 5.52. The van der Waals surface area contributed by atoms with Crippen molar-refractivity contribution in [1.82, 2.24) is 15.0 Å². The first-order valence-corrected chi connectivity index (χ1v) is 7.30. The van der Waals surface area contributed by atoms with E-state index >= 15 is 0 Å². The Morgan fingerprint density at radius 2 is 2.14 bits per heavy atom. The minimum atomic E-state index is 0.263. The third-order valence-electron chi connectivity index (χ3n) is 3.70. The van der Waals surface area contributed by atoms with Gasteiger partial charge in [0.2, 0.25) is 0 Å². The lowest BCUT2D eigenvalue weighted by atomic mass is 10.2. The highest BCUT2D eigenvalue weighted by molar-refractivity contribution is 5.58. The molecule has 2 aromatic heterocycles. The quantitative estimate of drug-likeness (QED) is 0.883. The highest BCUT2D eigenvalue weighted by atomic mass is 16.5. The van der Waals surface area contributed by atoms with Crippen LogP contribution in [0.2, 0.25) is 0 Å². The van der Waals surface area contributed by atoms with Crippen LogP contribution in [0, 0.1) is 12.8 Å².